The van der Waals surface area contributed by atoms with E-state index in [1.165, 1.54) is 0 Å². The summed E-state index contributed by atoms with van der Waals surface area (Å²) in [7, 11) is 0. The Morgan fingerprint density at radius 1 is 1.53 bits per heavy atom. The van der Waals surface area contributed by atoms with Gasteiger partial charge in [0.05, 0.1) is 5.75 Å². The van der Waals surface area contributed by atoms with Crippen LogP contribution in [0.1, 0.15) is 18.9 Å². The Morgan fingerprint density at radius 2 is 2.24 bits per heavy atom. The Morgan fingerprint density at radius 3 is 2.88 bits per heavy atom. The summed E-state index contributed by atoms with van der Waals surface area (Å²) >= 11 is 1.14. The van der Waals surface area contributed by atoms with E-state index in [2.05, 4.69) is 10.2 Å². The maximum Gasteiger partial charge on any atom is 0.313 e. The highest BCUT2D eigenvalue weighted by Crippen LogP contribution is 2.28. The van der Waals surface area contributed by atoms with Crippen molar-refractivity contribution in [3.63, 3.8) is 0 Å². The number of nitrogen functional groups attached to an aromatic ring is 1. The zero-order valence-corrected chi connectivity index (χ0v) is 10.0. The SMILES string of the molecule is Nc1nnc(SCC(=O)O)n1C1CCOCC1. The number of ether oxygens (including phenoxy) is 1. The van der Waals surface area contributed by atoms with E-state index < -0.39 is 5.97 Å². The number of nitrogens with two attached hydrogens (primary N) is 1. The summed E-state index contributed by atoms with van der Waals surface area (Å²) in [4.78, 5) is 10.5. The molecule has 94 valence electrons. The Bertz CT molecular complexity index is 403. The number of carbonyl (C=O) groups is 1. The molecule has 0 aliphatic carbocycles. The van der Waals surface area contributed by atoms with E-state index in [0.29, 0.717) is 24.3 Å². The van der Waals surface area contributed by atoms with E-state index in [0.717, 1.165) is 24.6 Å². The Hall–Kier alpha value is -1.28. The lowest BCUT2D eigenvalue weighted by atomic mass is 10.1. The summed E-state index contributed by atoms with van der Waals surface area (Å²) in [5.41, 5.74) is 5.77. The van der Waals surface area contributed by atoms with E-state index >= 15 is 0 Å². The minimum absolute atomic E-state index is 0.0403. The highest BCUT2D eigenvalue weighted by atomic mass is 32.2. The molecule has 1 aliphatic rings. The summed E-state index contributed by atoms with van der Waals surface area (Å²) < 4.78 is 7.10. The molecule has 0 saturated carbocycles. The predicted molar refractivity (Wildman–Crippen MR) is 61.9 cm³/mol. The minimum Gasteiger partial charge on any atom is -0.481 e. The van der Waals surface area contributed by atoms with E-state index in [1.54, 1.807) is 0 Å². The molecule has 0 spiro atoms. The van der Waals surface area contributed by atoms with Crippen molar-refractivity contribution in [1.29, 1.82) is 0 Å². The van der Waals surface area contributed by atoms with Gasteiger partial charge in [-0.1, -0.05) is 11.8 Å². The molecule has 1 aromatic rings. The second kappa shape index (κ2) is 5.37. The number of nitrogens with zero attached hydrogens (tertiary/aromatic N) is 3. The van der Waals surface area contributed by atoms with Gasteiger partial charge in [0.2, 0.25) is 5.95 Å². The second-order valence-corrected chi connectivity index (χ2v) is 4.68. The predicted octanol–water partition coefficient (Wildman–Crippen LogP) is 0.388. The van der Waals surface area contributed by atoms with Gasteiger partial charge in [-0.2, -0.15) is 0 Å². The largest absolute Gasteiger partial charge is 0.481 e. The molecular formula is C9H14N4O3S. The molecule has 0 bridgehead atoms. The Kier molecular flexibility index (Phi) is 3.85. The first-order valence-corrected chi connectivity index (χ1v) is 6.29. The number of hydrogen-bond donors (Lipinski definition) is 2. The van der Waals surface area contributed by atoms with Crippen LogP contribution in [0.2, 0.25) is 0 Å². The van der Waals surface area contributed by atoms with Crippen LogP contribution in [0, 0.1) is 0 Å². The first kappa shape index (κ1) is 12.2. The van der Waals surface area contributed by atoms with Gasteiger partial charge < -0.3 is 15.6 Å². The summed E-state index contributed by atoms with van der Waals surface area (Å²) in [6.07, 6.45) is 1.70. The van der Waals surface area contributed by atoms with Crippen LogP contribution in [0.25, 0.3) is 0 Å². The number of rotatable bonds is 4. The average molecular weight is 258 g/mol. The van der Waals surface area contributed by atoms with Gasteiger partial charge in [-0.25, -0.2) is 0 Å². The molecule has 1 fully saturated rings. The van der Waals surface area contributed by atoms with Crippen LogP contribution in [0.3, 0.4) is 0 Å². The highest BCUT2D eigenvalue weighted by Gasteiger charge is 2.22. The molecule has 1 saturated heterocycles. The molecular weight excluding hydrogens is 244 g/mol. The highest BCUT2D eigenvalue weighted by molar-refractivity contribution is 7.99. The number of aromatic nitrogens is 3. The van der Waals surface area contributed by atoms with Crippen LogP contribution in [0.5, 0.6) is 0 Å². The lowest BCUT2D eigenvalue weighted by Gasteiger charge is -2.24. The van der Waals surface area contributed by atoms with Crippen molar-refractivity contribution >= 4 is 23.7 Å². The number of carboxylic acids is 1. The van der Waals surface area contributed by atoms with Crippen molar-refractivity contribution in [2.45, 2.75) is 24.0 Å². The Labute approximate surface area is 102 Å². The topological polar surface area (TPSA) is 103 Å². The number of aliphatic carboxylic acids is 1. The molecule has 2 rings (SSSR count). The number of carboxylic acid groups (broad SMARTS) is 1. The molecule has 2 heterocycles. The third kappa shape index (κ3) is 2.89. The second-order valence-electron chi connectivity index (χ2n) is 3.74. The molecule has 0 radical (unpaired) electrons. The standard InChI is InChI=1S/C9H14N4O3S/c10-8-11-12-9(17-5-7(14)15)13(8)6-1-3-16-4-2-6/h6H,1-5H2,(H2,10,11)(H,14,15). The fraction of sp³-hybridized carbons (Fsp3) is 0.667. The molecule has 0 unspecified atom stereocenters. The summed E-state index contributed by atoms with van der Waals surface area (Å²) in [5, 5.41) is 16.9. The van der Waals surface area contributed by atoms with Crippen LogP contribution < -0.4 is 5.73 Å². The van der Waals surface area contributed by atoms with Gasteiger partial charge in [0, 0.05) is 19.3 Å². The minimum atomic E-state index is -0.880. The van der Waals surface area contributed by atoms with Crippen LogP contribution in [-0.2, 0) is 9.53 Å². The molecule has 0 atom stereocenters. The molecule has 1 aromatic heterocycles. The van der Waals surface area contributed by atoms with Gasteiger partial charge in [0.1, 0.15) is 0 Å². The number of thioether (sulfide) groups is 1. The number of hydrogen-bond acceptors (Lipinski definition) is 6. The van der Waals surface area contributed by atoms with Crippen molar-refractivity contribution < 1.29 is 14.6 Å². The van der Waals surface area contributed by atoms with Crippen LogP contribution >= 0.6 is 11.8 Å². The quantitative estimate of drug-likeness (QED) is 0.753. The lowest BCUT2D eigenvalue weighted by Crippen LogP contribution is -2.21. The third-order valence-corrected chi connectivity index (χ3v) is 3.50. The summed E-state index contributed by atoms with van der Waals surface area (Å²) in [5.74, 6) is -0.582. The molecule has 3 N–H and O–H groups in total. The van der Waals surface area contributed by atoms with E-state index in [-0.39, 0.29) is 11.8 Å². The van der Waals surface area contributed by atoms with Crippen molar-refractivity contribution in [2.24, 2.45) is 0 Å². The van der Waals surface area contributed by atoms with Crippen LogP contribution in [-0.4, -0.2) is 44.8 Å². The van der Waals surface area contributed by atoms with Gasteiger partial charge in [-0.05, 0) is 12.8 Å². The maximum atomic E-state index is 10.5. The average Bonchev–Trinajstić information content (AvgIpc) is 2.69. The summed E-state index contributed by atoms with van der Waals surface area (Å²) in [6.45, 7) is 1.37. The molecule has 0 aromatic carbocycles. The first-order chi connectivity index (χ1) is 8.18. The van der Waals surface area contributed by atoms with E-state index in [4.69, 9.17) is 15.6 Å². The van der Waals surface area contributed by atoms with Gasteiger partial charge in [0.25, 0.3) is 0 Å². The van der Waals surface area contributed by atoms with Crippen LogP contribution in [0.15, 0.2) is 5.16 Å². The zero-order chi connectivity index (χ0) is 12.3. The van der Waals surface area contributed by atoms with E-state index in [9.17, 15) is 4.79 Å². The lowest BCUT2D eigenvalue weighted by molar-refractivity contribution is -0.133. The molecule has 7 nitrogen and oxygen atoms in total. The molecule has 17 heavy (non-hydrogen) atoms. The third-order valence-electron chi connectivity index (χ3n) is 2.57. The first-order valence-electron chi connectivity index (χ1n) is 5.31. The van der Waals surface area contributed by atoms with E-state index in [1.807, 2.05) is 4.57 Å². The normalized spacial score (nSPS) is 17.2. The fourth-order valence-corrected chi connectivity index (χ4v) is 2.53. The van der Waals surface area contributed by atoms with Gasteiger partial charge in [-0.15, -0.1) is 10.2 Å². The van der Waals surface area contributed by atoms with Crippen molar-refractivity contribution in [2.75, 3.05) is 24.7 Å². The van der Waals surface area contributed by atoms with Crippen molar-refractivity contribution in [3.05, 3.63) is 0 Å². The van der Waals surface area contributed by atoms with Gasteiger partial charge in [-0.3, -0.25) is 9.36 Å². The monoisotopic (exact) mass is 258 g/mol. The van der Waals surface area contributed by atoms with Crippen molar-refractivity contribution in [1.82, 2.24) is 14.8 Å². The maximum absolute atomic E-state index is 10.5. The number of anilines is 1. The smallest absolute Gasteiger partial charge is 0.313 e. The molecule has 1 aliphatic heterocycles. The molecule has 8 heteroatoms. The molecule has 0 amide bonds. The summed E-state index contributed by atoms with van der Waals surface area (Å²) in [6, 6.07) is 0.204. The van der Waals surface area contributed by atoms with Gasteiger partial charge in [0.15, 0.2) is 5.16 Å². The van der Waals surface area contributed by atoms with Crippen molar-refractivity contribution in [3.8, 4) is 0 Å². The fourth-order valence-electron chi connectivity index (χ4n) is 1.80. The zero-order valence-electron chi connectivity index (χ0n) is 9.20. The Balaban J connectivity index is 2.13. The van der Waals surface area contributed by atoms with Gasteiger partial charge >= 0.3 is 5.97 Å². The van der Waals surface area contributed by atoms with Crippen LogP contribution in [0.4, 0.5) is 5.95 Å².